The van der Waals surface area contributed by atoms with E-state index in [0.717, 1.165) is 40.6 Å². The predicted molar refractivity (Wildman–Crippen MR) is 112 cm³/mol. The topological polar surface area (TPSA) is 66.5 Å². The minimum atomic E-state index is -4.75. The number of fused-ring (bicyclic) bond motifs is 5. The van der Waals surface area contributed by atoms with Crippen LogP contribution in [0.5, 0.6) is 0 Å². The summed E-state index contributed by atoms with van der Waals surface area (Å²) >= 11 is 0. The number of nitrogens with one attached hydrogen (secondary N) is 1. The maximum absolute atomic E-state index is 13.3. The van der Waals surface area contributed by atoms with Gasteiger partial charge in [-0.2, -0.15) is 17.5 Å². The Hall–Kier alpha value is -1.61. The zero-order chi connectivity index (χ0) is 22.7. The molecule has 32 heavy (non-hydrogen) atoms. The van der Waals surface area contributed by atoms with Gasteiger partial charge >= 0.3 is 6.18 Å². The molecular weight excluding hydrogens is 441 g/mol. The van der Waals surface area contributed by atoms with E-state index in [1.807, 2.05) is 0 Å². The van der Waals surface area contributed by atoms with Gasteiger partial charge < -0.3 is 5.32 Å². The van der Waals surface area contributed by atoms with Crippen LogP contribution < -0.4 is 5.32 Å². The third-order valence-electron chi connectivity index (χ3n) is 8.39. The van der Waals surface area contributed by atoms with Gasteiger partial charge in [-0.3, -0.25) is 4.79 Å². The van der Waals surface area contributed by atoms with Gasteiger partial charge in [-0.25, -0.2) is 8.42 Å². The molecule has 0 unspecified atom stereocenters. The van der Waals surface area contributed by atoms with Crippen molar-refractivity contribution >= 4 is 15.9 Å². The van der Waals surface area contributed by atoms with Crippen LogP contribution in [0, 0.1) is 29.6 Å². The second kappa shape index (κ2) is 8.01. The van der Waals surface area contributed by atoms with Gasteiger partial charge in [-0.05, 0) is 74.3 Å². The molecule has 0 spiro atoms. The maximum Gasteiger partial charge on any atom is 0.417 e. The van der Waals surface area contributed by atoms with Crippen LogP contribution in [0.3, 0.4) is 0 Å². The third kappa shape index (κ3) is 3.75. The molecule has 3 aliphatic carbocycles. The summed E-state index contributed by atoms with van der Waals surface area (Å²) in [7, 11) is -4.28. The number of nitrogens with zero attached hydrogens (tertiary/aromatic N) is 1. The largest absolute Gasteiger partial charge is 0.417 e. The summed E-state index contributed by atoms with van der Waals surface area (Å²) in [5, 5.41) is 3.25. The van der Waals surface area contributed by atoms with E-state index in [2.05, 4.69) is 5.32 Å². The van der Waals surface area contributed by atoms with Gasteiger partial charge in [0.2, 0.25) is 15.9 Å². The van der Waals surface area contributed by atoms with Crippen LogP contribution in [-0.2, 0) is 21.0 Å². The number of carbonyl (C=O) groups is 1. The van der Waals surface area contributed by atoms with E-state index in [1.165, 1.54) is 37.8 Å². The van der Waals surface area contributed by atoms with E-state index in [4.69, 9.17) is 0 Å². The summed E-state index contributed by atoms with van der Waals surface area (Å²) < 4.78 is 66.9. The molecule has 0 aromatic heterocycles. The molecular formula is C23H29F3N2O3S. The normalized spacial score (nSPS) is 33.4. The first-order valence-corrected chi connectivity index (χ1v) is 13.1. The fourth-order valence-electron chi connectivity index (χ4n) is 6.96. The molecule has 5 rings (SSSR count). The molecule has 2 bridgehead atoms. The van der Waals surface area contributed by atoms with Gasteiger partial charge in [0.25, 0.3) is 0 Å². The Bertz CT molecular complexity index is 988. The van der Waals surface area contributed by atoms with Gasteiger partial charge in [0, 0.05) is 25.0 Å². The minimum absolute atomic E-state index is 0.0233. The third-order valence-corrected chi connectivity index (χ3v) is 10.3. The number of rotatable bonds is 4. The number of piperidine rings is 1. The number of amides is 1. The van der Waals surface area contributed by atoms with Crippen molar-refractivity contribution < 1.29 is 26.4 Å². The Balaban J connectivity index is 1.21. The number of hydrogen-bond donors (Lipinski definition) is 1. The van der Waals surface area contributed by atoms with Crippen LogP contribution in [0.25, 0.3) is 0 Å². The lowest BCUT2D eigenvalue weighted by Crippen LogP contribution is -2.48. The quantitative estimate of drug-likeness (QED) is 0.722. The molecule has 1 amide bonds. The van der Waals surface area contributed by atoms with Crippen molar-refractivity contribution in [3.63, 3.8) is 0 Å². The maximum atomic E-state index is 13.3. The highest BCUT2D eigenvalue weighted by atomic mass is 32.2. The molecule has 4 fully saturated rings. The van der Waals surface area contributed by atoms with Crippen molar-refractivity contribution in [2.75, 3.05) is 13.1 Å². The standard InChI is InChI=1S/C23H29F3N2O3S/c24-23(25,26)19-6-1-2-7-21(19)32(30,31)28-10-8-14(9-11-28)22(29)27-20-13-15-12-18(20)17-5-3-4-16(15)17/h1-2,6-7,14-18,20H,3-5,8-13H2,(H,27,29)/t15-,16+,17-,18+,20-/m1/s1. The van der Waals surface area contributed by atoms with Gasteiger partial charge in [-0.1, -0.05) is 18.6 Å². The Morgan fingerprint density at radius 3 is 2.38 bits per heavy atom. The molecule has 176 valence electrons. The predicted octanol–water partition coefficient (Wildman–Crippen LogP) is 4.05. The molecule has 0 radical (unpaired) electrons. The highest BCUT2D eigenvalue weighted by Crippen LogP contribution is 2.58. The summed E-state index contributed by atoms with van der Waals surface area (Å²) in [6.07, 6.45) is 2.08. The average Bonchev–Trinajstić information content (AvgIpc) is 3.47. The zero-order valence-corrected chi connectivity index (χ0v) is 18.7. The van der Waals surface area contributed by atoms with Gasteiger partial charge in [0.15, 0.2) is 0 Å². The van der Waals surface area contributed by atoms with E-state index < -0.39 is 26.7 Å². The Kier molecular flexibility index (Phi) is 5.55. The van der Waals surface area contributed by atoms with E-state index in [0.29, 0.717) is 18.8 Å². The molecule has 9 heteroatoms. The van der Waals surface area contributed by atoms with Crippen LogP contribution >= 0.6 is 0 Å². The SMILES string of the molecule is O=C(N[C@@H]1C[C@H]2C[C@H]1[C@@H]1CCC[C@@H]21)C1CCN(S(=O)(=O)c2ccccc2C(F)(F)F)CC1. The average molecular weight is 471 g/mol. The van der Waals surface area contributed by atoms with Crippen molar-refractivity contribution in [3.05, 3.63) is 29.8 Å². The minimum Gasteiger partial charge on any atom is -0.353 e. The van der Waals surface area contributed by atoms with Crippen molar-refractivity contribution in [1.82, 2.24) is 9.62 Å². The second-order valence-corrected chi connectivity index (χ2v) is 11.8. The summed E-state index contributed by atoms with van der Waals surface area (Å²) in [6, 6.07) is 4.50. The molecule has 1 aromatic rings. The lowest BCUT2D eigenvalue weighted by atomic mass is 9.79. The number of hydrogen-bond acceptors (Lipinski definition) is 3. The van der Waals surface area contributed by atoms with E-state index >= 15 is 0 Å². The fraction of sp³-hybridized carbons (Fsp3) is 0.696. The van der Waals surface area contributed by atoms with Gasteiger partial charge in [0.05, 0.1) is 10.5 Å². The molecule has 1 N–H and O–H groups in total. The van der Waals surface area contributed by atoms with Crippen LogP contribution in [0.1, 0.15) is 50.5 Å². The van der Waals surface area contributed by atoms with Crippen LogP contribution in [0.4, 0.5) is 13.2 Å². The summed E-state index contributed by atoms with van der Waals surface area (Å²) in [5.41, 5.74) is -1.15. The highest BCUT2D eigenvalue weighted by molar-refractivity contribution is 7.89. The molecule has 1 heterocycles. The highest BCUT2D eigenvalue weighted by Gasteiger charge is 2.54. The molecule has 3 saturated carbocycles. The van der Waals surface area contributed by atoms with E-state index in [9.17, 15) is 26.4 Å². The monoisotopic (exact) mass is 470 g/mol. The Labute approximate surface area is 186 Å². The Morgan fingerprint density at radius 2 is 1.66 bits per heavy atom. The van der Waals surface area contributed by atoms with Crippen LogP contribution in [-0.4, -0.2) is 37.8 Å². The summed E-state index contributed by atoms with van der Waals surface area (Å²) in [5.74, 6) is 2.60. The first kappa shape index (κ1) is 22.2. The lowest BCUT2D eigenvalue weighted by Gasteiger charge is -2.35. The van der Waals surface area contributed by atoms with Crippen LogP contribution in [0.15, 0.2) is 29.2 Å². The van der Waals surface area contributed by atoms with Crippen molar-refractivity contribution in [1.29, 1.82) is 0 Å². The Morgan fingerprint density at radius 1 is 0.969 bits per heavy atom. The number of benzene rings is 1. The van der Waals surface area contributed by atoms with E-state index in [1.54, 1.807) is 0 Å². The zero-order valence-electron chi connectivity index (χ0n) is 17.9. The van der Waals surface area contributed by atoms with Crippen molar-refractivity contribution in [3.8, 4) is 0 Å². The number of carbonyl (C=O) groups excluding carboxylic acids is 1. The molecule has 1 saturated heterocycles. The first-order valence-electron chi connectivity index (χ1n) is 11.6. The van der Waals surface area contributed by atoms with E-state index in [-0.39, 0.29) is 31.0 Å². The fourth-order valence-corrected chi connectivity index (χ4v) is 8.64. The van der Waals surface area contributed by atoms with Crippen LogP contribution in [0.2, 0.25) is 0 Å². The van der Waals surface area contributed by atoms with Crippen molar-refractivity contribution in [2.45, 2.75) is 62.1 Å². The summed E-state index contributed by atoms with van der Waals surface area (Å²) in [6.45, 7) is 0.0993. The molecule has 5 atom stereocenters. The molecule has 1 aromatic carbocycles. The van der Waals surface area contributed by atoms with Gasteiger partial charge in [-0.15, -0.1) is 0 Å². The van der Waals surface area contributed by atoms with Crippen molar-refractivity contribution in [2.24, 2.45) is 29.6 Å². The smallest absolute Gasteiger partial charge is 0.353 e. The molecule has 5 nitrogen and oxygen atoms in total. The summed E-state index contributed by atoms with van der Waals surface area (Å²) in [4.78, 5) is 12.2. The number of sulfonamides is 1. The number of halogens is 3. The lowest BCUT2D eigenvalue weighted by molar-refractivity contribution is -0.139. The second-order valence-electron chi connectivity index (χ2n) is 9.94. The number of alkyl halides is 3. The molecule has 4 aliphatic rings. The van der Waals surface area contributed by atoms with Gasteiger partial charge in [0.1, 0.15) is 0 Å². The molecule has 1 aliphatic heterocycles. The first-order chi connectivity index (χ1) is 15.2.